The van der Waals surface area contributed by atoms with Crippen LogP contribution in [0.25, 0.3) is 0 Å². The number of aromatic amines is 1. The summed E-state index contributed by atoms with van der Waals surface area (Å²) in [6.07, 6.45) is 0.422. The third-order valence-corrected chi connectivity index (χ3v) is 6.04. The van der Waals surface area contributed by atoms with Crippen molar-refractivity contribution >= 4 is 27.6 Å². The first-order valence-electron chi connectivity index (χ1n) is 8.44. The first-order chi connectivity index (χ1) is 12.8. The number of nitrogens with zero attached hydrogens (tertiary/aromatic N) is 2. The number of amides is 1. The fourth-order valence-corrected chi connectivity index (χ4v) is 4.32. The second-order valence-electron chi connectivity index (χ2n) is 6.04. The standard InChI is InChI=1S/C17H20N4O5S/c1-3-26-17(23)16-14-10-21(9-8-15(14)19-20-16)27(24,25)13-6-4-12(5-7-13)18-11(2)22/h4-7H,3,8-10H2,1-2H3,(H,18,22)(H,19,20). The molecule has 1 aliphatic heterocycles. The summed E-state index contributed by atoms with van der Waals surface area (Å²) >= 11 is 0. The van der Waals surface area contributed by atoms with E-state index >= 15 is 0 Å². The van der Waals surface area contributed by atoms with Crippen LogP contribution in [-0.2, 0) is 32.5 Å². The predicted octanol–water partition coefficient (Wildman–Crippen LogP) is 1.29. The Bertz CT molecular complexity index is 966. The van der Waals surface area contributed by atoms with Gasteiger partial charge < -0.3 is 10.1 Å². The minimum Gasteiger partial charge on any atom is -0.461 e. The maximum absolute atomic E-state index is 13.0. The van der Waals surface area contributed by atoms with Crippen molar-refractivity contribution in [3.63, 3.8) is 0 Å². The highest BCUT2D eigenvalue weighted by Crippen LogP contribution is 2.27. The molecule has 2 N–H and O–H groups in total. The van der Waals surface area contributed by atoms with Gasteiger partial charge in [0.05, 0.1) is 11.5 Å². The fourth-order valence-electron chi connectivity index (χ4n) is 2.91. The molecule has 1 amide bonds. The molecule has 0 atom stereocenters. The van der Waals surface area contributed by atoms with Gasteiger partial charge in [0.1, 0.15) is 0 Å². The van der Waals surface area contributed by atoms with Crippen molar-refractivity contribution < 1.29 is 22.7 Å². The van der Waals surface area contributed by atoms with Crippen LogP contribution in [0.1, 0.15) is 35.6 Å². The molecule has 9 nitrogen and oxygen atoms in total. The zero-order chi connectivity index (χ0) is 19.6. The molecular formula is C17H20N4O5S. The number of carbonyl (C=O) groups excluding carboxylic acids is 2. The molecule has 1 aromatic carbocycles. The van der Waals surface area contributed by atoms with E-state index in [0.29, 0.717) is 17.7 Å². The van der Waals surface area contributed by atoms with Gasteiger partial charge in [0.25, 0.3) is 0 Å². The van der Waals surface area contributed by atoms with Crippen molar-refractivity contribution in [3.05, 3.63) is 41.2 Å². The van der Waals surface area contributed by atoms with Gasteiger partial charge in [-0.15, -0.1) is 0 Å². The molecule has 0 unspecified atom stereocenters. The number of esters is 1. The van der Waals surface area contributed by atoms with E-state index in [-0.39, 0.29) is 36.2 Å². The molecule has 10 heteroatoms. The minimum absolute atomic E-state index is 0.0375. The van der Waals surface area contributed by atoms with E-state index in [4.69, 9.17) is 4.74 Å². The van der Waals surface area contributed by atoms with Crippen LogP contribution >= 0.6 is 0 Å². The molecule has 0 saturated heterocycles. The SMILES string of the molecule is CCOC(=O)c1n[nH]c2c1CN(S(=O)(=O)c1ccc(NC(C)=O)cc1)CC2. The van der Waals surface area contributed by atoms with Crippen LogP contribution < -0.4 is 5.32 Å². The lowest BCUT2D eigenvalue weighted by atomic mass is 10.1. The molecule has 3 rings (SSSR count). The van der Waals surface area contributed by atoms with Crippen LogP contribution in [0.4, 0.5) is 5.69 Å². The molecule has 2 aromatic rings. The van der Waals surface area contributed by atoms with Gasteiger partial charge in [-0.25, -0.2) is 13.2 Å². The summed E-state index contributed by atoms with van der Waals surface area (Å²) in [5.74, 6) is -0.811. The molecule has 0 saturated carbocycles. The maximum Gasteiger partial charge on any atom is 0.359 e. The van der Waals surface area contributed by atoms with Gasteiger partial charge in [0.15, 0.2) is 5.69 Å². The summed E-state index contributed by atoms with van der Waals surface area (Å²) in [6, 6.07) is 5.95. The molecule has 1 aliphatic rings. The summed E-state index contributed by atoms with van der Waals surface area (Å²) in [4.78, 5) is 23.2. The maximum atomic E-state index is 13.0. The largest absolute Gasteiger partial charge is 0.461 e. The van der Waals surface area contributed by atoms with Gasteiger partial charge in [0.2, 0.25) is 15.9 Å². The van der Waals surface area contributed by atoms with E-state index in [2.05, 4.69) is 15.5 Å². The lowest BCUT2D eigenvalue weighted by molar-refractivity contribution is -0.114. The van der Waals surface area contributed by atoms with E-state index in [9.17, 15) is 18.0 Å². The van der Waals surface area contributed by atoms with E-state index < -0.39 is 16.0 Å². The molecule has 0 spiro atoms. The van der Waals surface area contributed by atoms with E-state index in [1.165, 1.54) is 35.5 Å². The number of rotatable bonds is 5. The van der Waals surface area contributed by atoms with E-state index in [1.807, 2.05) is 0 Å². The van der Waals surface area contributed by atoms with Gasteiger partial charge in [-0.05, 0) is 31.2 Å². The third-order valence-electron chi connectivity index (χ3n) is 4.18. The van der Waals surface area contributed by atoms with Crippen molar-refractivity contribution in [2.24, 2.45) is 0 Å². The number of carbonyl (C=O) groups is 2. The average molecular weight is 392 g/mol. The second kappa shape index (κ2) is 7.49. The summed E-state index contributed by atoms with van der Waals surface area (Å²) in [5, 5.41) is 9.37. The molecular weight excluding hydrogens is 372 g/mol. The molecule has 27 heavy (non-hydrogen) atoms. The van der Waals surface area contributed by atoms with Gasteiger partial charge in [-0.3, -0.25) is 9.89 Å². The quantitative estimate of drug-likeness (QED) is 0.740. The Hall–Kier alpha value is -2.72. The van der Waals surface area contributed by atoms with Gasteiger partial charge in [-0.1, -0.05) is 0 Å². The molecule has 0 fully saturated rings. The van der Waals surface area contributed by atoms with Crippen molar-refractivity contribution in [3.8, 4) is 0 Å². The Kier molecular flexibility index (Phi) is 5.29. The average Bonchev–Trinajstić information content (AvgIpc) is 3.05. The number of nitrogens with one attached hydrogen (secondary N) is 2. The van der Waals surface area contributed by atoms with Crippen LogP contribution in [0.3, 0.4) is 0 Å². The van der Waals surface area contributed by atoms with Crippen LogP contribution in [-0.4, -0.2) is 47.9 Å². The highest BCUT2D eigenvalue weighted by atomic mass is 32.2. The van der Waals surface area contributed by atoms with E-state index in [1.54, 1.807) is 6.92 Å². The third kappa shape index (κ3) is 3.86. The van der Waals surface area contributed by atoms with Crippen molar-refractivity contribution in [2.75, 3.05) is 18.5 Å². The summed E-state index contributed by atoms with van der Waals surface area (Å²) in [7, 11) is -3.76. The summed E-state index contributed by atoms with van der Waals surface area (Å²) in [6.45, 7) is 3.59. The highest BCUT2D eigenvalue weighted by Gasteiger charge is 2.32. The number of hydrogen-bond donors (Lipinski definition) is 2. The first-order valence-corrected chi connectivity index (χ1v) is 9.88. The van der Waals surface area contributed by atoms with Gasteiger partial charge in [-0.2, -0.15) is 9.40 Å². The normalized spacial score (nSPS) is 14.4. The van der Waals surface area contributed by atoms with Crippen LogP contribution in [0.15, 0.2) is 29.2 Å². The lowest BCUT2D eigenvalue weighted by Crippen LogP contribution is -2.36. The molecule has 1 aromatic heterocycles. The first kappa shape index (κ1) is 19.1. The second-order valence-corrected chi connectivity index (χ2v) is 7.98. The number of sulfonamides is 1. The lowest BCUT2D eigenvalue weighted by Gasteiger charge is -2.26. The monoisotopic (exact) mass is 392 g/mol. The number of anilines is 1. The Labute approximate surface area is 156 Å². The Morgan fingerprint density at radius 1 is 1.30 bits per heavy atom. The molecule has 144 valence electrons. The Morgan fingerprint density at radius 3 is 2.63 bits per heavy atom. The van der Waals surface area contributed by atoms with Crippen molar-refractivity contribution in [1.82, 2.24) is 14.5 Å². The molecule has 0 radical (unpaired) electrons. The predicted molar refractivity (Wildman–Crippen MR) is 96.6 cm³/mol. The minimum atomic E-state index is -3.76. The fraction of sp³-hybridized carbons (Fsp3) is 0.353. The van der Waals surface area contributed by atoms with Crippen molar-refractivity contribution in [2.45, 2.75) is 31.7 Å². The number of ether oxygens (including phenoxy) is 1. The molecule has 2 heterocycles. The number of benzene rings is 1. The number of hydrogen-bond acceptors (Lipinski definition) is 6. The number of aromatic nitrogens is 2. The summed E-state index contributed by atoms with van der Waals surface area (Å²) < 4.78 is 32.2. The highest BCUT2D eigenvalue weighted by molar-refractivity contribution is 7.89. The molecule has 0 aliphatic carbocycles. The van der Waals surface area contributed by atoms with E-state index in [0.717, 1.165) is 5.69 Å². The number of fused-ring (bicyclic) bond motifs is 1. The Morgan fingerprint density at radius 2 is 2.00 bits per heavy atom. The Balaban J connectivity index is 1.84. The van der Waals surface area contributed by atoms with Gasteiger partial charge >= 0.3 is 5.97 Å². The topological polar surface area (TPSA) is 121 Å². The van der Waals surface area contributed by atoms with Crippen LogP contribution in [0.2, 0.25) is 0 Å². The van der Waals surface area contributed by atoms with Crippen LogP contribution in [0.5, 0.6) is 0 Å². The zero-order valence-corrected chi connectivity index (χ0v) is 15.8. The zero-order valence-electron chi connectivity index (χ0n) is 15.0. The summed E-state index contributed by atoms with van der Waals surface area (Å²) in [5.41, 5.74) is 1.92. The molecule has 0 bridgehead atoms. The smallest absolute Gasteiger partial charge is 0.359 e. The number of H-pyrrole nitrogens is 1. The van der Waals surface area contributed by atoms with Gasteiger partial charge in [0, 0.05) is 43.4 Å². The van der Waals surface area contributed by atoms with Crippen LogP contribution in [0, 0.1) is 0 Å². The van der Waals surface area contributed by atoms with Crippen molar-refractivity contribution in [1.29, 1.82) is 0 Å².